The Morgan fingerprint density at radius 2 is 2.00 bits per heavy atom. The number of carbonyl (C=O) groups excluding carboxylic acids is 2. The van der Waals surface area contributed by atoms with E-state index in [0.717, 1.165) is 17.7 Å². The van der Waals surface area contributed by atoms with E-state index in [1.165, 1.54) is 34.7 Å². The van der Waals surface area contributed by atoms with E-state index in [4.69, 9.17) is 16.3 Å². The summed E-state index contributed by atoms with van der Waals surface area (Å²) in [4.78, 5) is 28.9. The molecule has 0 bridgehead atoms. The van der Waals surface area contributed by atoms with Gasteiger partial charge in [0.05, 0.1) is 20.8 Å². The van der Waals surface area contributed by atoms with E-state index in [-0.39, 0.29) is 0 Å². The molecule has 1 N–H and O–H groups in total. The molecule has 1 heterocycles. The highest BCUT2D eigenvalue weighted by Crippen LogP contribution is 2.23. The van der Waals surface area contributed by atoms with Crippen molar-refractivity contribution in [3.8, 4) is 0 Å². The first kappa shape index (κ1) is 29.4. The third-order valence-corrected chi connectivity index (χ3v) is 6.53. The van der Waals surface area contributed by atoms with Crippen LogP contribution in [0.1, 0.15) is 17.4 Å². The van der Waals surface area contributed by atoms with E-state index in [0.29, 0.717) is 39.5 Å². The number of thioether (sulfide) groups is 1. The van der Waals surface area contributed by atoms with Crippen molar-refractivity contribution in [1.29, 1.82) is 0 Å². The van der Waals surface area contributed by atoms with Gasteiger partial charge < -0.3 is 15.0 Å². The molecular formula is C25H30ClN3O3S2. The highest BCUT2D eigenvalue weighted by atomic mass is 35.5. The Labute approximate surface area is 215 Å². The molecular weight excluding hydrogens is 490 g/mol. The number of nitrogens with one attached hydrogen (secondary N) is 1. The lowest BCUT2D eigenvalue weighted by molar-refractivity contribution is -0.105. The van der Waals surface area contributed by atoms with Crippen molar-refractivity contribution >= 4 is 54.0 Å². The first-order valence-corrected chi connectivity index (χ1v) is 12.5. The summed E-state index contributed by atoms with van der Waals surface area (Å²) in [5, 5.41) is 3.08. The van der Waals surface area contributed by atoms with Gasteiger partial charge in [-0.15, -0.1) is 11.3 Å². The van der Waals surface area contributed by atoms with Gasteiger partial charge in [-0.05, 0) is 44.5 Å². The molecule has 0 radical (unpaired) electrons. The van der Waals surface area contributed by atoms with Gasteiger partial charge in [0.25, 0.3) is 0 Å². The zero-order valence-corrected chi connectivity index (χ0v) is 22.0. The smallest absolute Gasteiger partial charge is 0.158 e. The Morgan fingerprint density at radius 1 is 1.26 bits per heavy atom. The van der Waals surface area contributed by atoms with Gasteiger partial charge in [0.15, 0.2) is 6.29 Å². The molecule has 0 aliphatic rings. The summed E-state index contributed by atoms with van der Waals surface area (Å²) in [6.45, 7) is 6.44. The molecule has 0 aliphatic carbocycles. The second-order valence-electron chi connectivity index (χ2n) is 6.79. The van der Waals surface area contributed by atoms with Crippen LogP contribution in [0.15, 0.2) is 82.2 Å². The Morgan fingerprint density at radius 3 is 2.56 bits per heavy atom. The van der Waals surface area contributed by atoms with Crippen molar-refractivity contribution in [2.75, 3.05) is 20.0 Å². The van der Waals surface area contributed by atoms with E-state index in [1.807, 2.05) is 43.3 Å². The van der Waals surface area contributed by atoms with Crippen LogP contribution in [-0.2, 0) is 27.5 Å². The fourth-order valence-electron chi connectivity index (χ4n) is 2.32. The summed E-state index contributed by atoms with van der Waals surface area (Å²) < 4.78 is 6.30. The van der Waals surface area contributed by atoms with Gasteiger partial charge in [-0.25, -0.2) is 0 Å². The topological polar surface area (TPSA) is 71.0 Å². The maximum atomic E-state index is 11.0. The number of rotatable bonds is 13. The van der Waals surface area contributed by atoms with E-state index in [2.05, 4.69) is 29.2 Å². The number of aliphatic imine (C=N–C) groups is 1. The quantitative estimate of drug-likeness (QED) is 0.0917. The molecule has 0 spiro atoms. The van der Waals surface area contributed by atoms with E-state index < -0.39 is 0 Å². The number of hydrogen-bond donors (Lipinski definition) is 1. The molecule has 0 saturated carbocycles. The molecule has 0 aliphatic heterocycles. The molecule has 0 atom stereocenters. The lowest BCUT2D eigenvalue weighted by Crippen LogP contribution is -2.10. The minimum Gasteiger partial charge on any atom is -0.488 e. The van der Waals surface area contributed by atoms with Gasteiger partial charge in [-0.2, -0.15) is 0 Å². The van der Waals surface area contributed by atoms with Gasteiger partial charge in [-0.1, -0.05) is 53.7 Å². The van der Waals surface area contributed by atoms with Crippen molar-refractivity contribution in [2.24, 2.45) is 4.99 Å². The molecule has 1 aromatic heterocycles. The Bertz CT molecular complexity index is 988. The molecule has 6 nitrogen and oxygen atoms in total. The zero-order chi connectivity index (χ0) is 25.2. The number of ether oxygens (including phenoxy) is 1. The van der Waals surface area contributed by atoms with Gasteiger partial charge in [0.1, 0.15) is 18.7 Å². The Kier molecular flexibility index (Phi) is 15.4. The fraction of sp³-hybridized carbons (Fsp3) is 0.240. The predicted octanol–water partition coefficient (Wildman–Crippen LogP) is 5.67. The molecule has 0 amide bonds. The lowest BCUT2D eigenvalue weighted by Gasteiger charge is -2.14. The second-order valence-corrected chi connectivity index (χ2v) is 9.57. The Hall–Kier alpha value is -2.65. The maximum absolute atomic E-state index is 11.0. The molecule has 9 heteroatoms. The van der Waals surface area contributed by atoms with Crippen molar-refractivity contribution in [3.63, 3.8) is 0 Å². The molecule has 0 fully saturated rings. The third kappa shape index (κ3) is 12.6. The summed E-state index contributed by atoms with van der Waals surface area (Å²) in [6.07, 6.45) is 6.23. The molecule has 34 heavy (non-hydrogen) atoms. The number of thiophene rings is 1. The summed E-state index contributed by atoms with van der Waals surface area (Å²) in [7, 11) is 3.80. The minimum absolute atomic E-state index is 0.335. The molecule has 2 aromatic rings. The third-order valence-electron chi connectivity index (χ3n) is 4.08. The first-order valence-electron chi connectivity index (χ1n) is 10.3. The highest BCUT2D eigenvalue weighted by molar-refractivity contribution is 8.03. The van der Waals surface area contributed by atoms with Gasteiger partial charge in [0, 0.05) is 30.7 Å². The number of aldehydes is 2. The van der Waals surface area contributed by atoms with Crippen LogP contribution in [0.2, 0.25) is 4.34 Å². The van der Waals surface area contributed by atoms with Gasteiger partial charge in [-0.3, -0.25) is 14.6 Å². The summed E-state index contributed by atoms with van der Waals surface area (Å²) in [6, 6.07) is 14.0. The van der Waals surface area contributed by atoms with Crippen LogP contribution in [0.25, 0.3) is 0 Å². The van der Waals surface area contributed by atoms with Crippen molar-refractivity contribution in [1.82, 2.24) is 10.2 Å². The van der Waals surface area contributed by atoms with Crippen molar-refractivity contribution in [3.05, 3.63) is 92.0 Å². The largest absolute Gasteiger partial charge is 0.488 e. The molecule has 1 aromatic carbocycles. The molecule has 2 rings (SSSR count). The summed E-state index contributed by atoms with van der Waals surface area (Å²) in [5.74, 6) is 0.971. The average molecular weight is 520 g/mol. The highest BCUT2D eigenvalue weighted by Gasteiger charge is 2.03. The SMILES string of the molecule is C=N/C(C)=C(/C=O)SCN(C)/C=C\C(=C/C=O)OCc1ccc(Cl)s1.CNCc1ccccc1. The predicted molar refractivity (Wildman–Crippen MR) is 145 cm³/mol. The average Bonchev–Trinajstić information content (AvgIpc) is 3.27. The number of allylic oxidation sites excluding steroid dienone is 4. The lowest BCUT2D eigenvalue weighted by atomic mass is 10.2. The van der Waals surface area contributed by atoms with Crippen LogP contribution in [0.5, 0.6) is 0 Å². The van der Waals surface area contributed by atoms with Crippen molar-refractivity contribution in [2.45, 2.75) is 20.1 Å². The van der Waals surface area contributed by atoms with Crippen LogP contribution < -0.4 is 5.32 Å². The first-order chi connectivity index (χ1) is 16.4. The number of carbonyl (C=O) groups is 2. The normalized spacial score (nSPS) is 11.8. The van der Waals surface area contributed by atoms with Crippen LogP contribution in [0.3, 0.4) is 0 Å². The zero-order valence-electron chi connectivity index (χ0n) is 19.6. The van der Waals surface area contributed by atoms with Crippen LogP contribution in [0, 0.1) is 0 Å². The molecule has 0 saturated heterocycles. The summed E-state index contributed by atoms with van der Waals surface area (Å²) in [5.41, 5.74) is 1.93. The minimum atomic E-state index is 0.335. The van der Waals surface area contributed by atoms with E-state index in [1.54, 1.807) is 25.3 Å². The van der Waals surface area contributed by atoms with Crippen molar-refractivity contribution < 1.29 is 14.3 Å². The number of halogens is 1. The molecule has 182 valence electrons. The van der Waals surface area contributed by atoms with Crippen LogP contribution in [0.4, 0.5) is 0 Å². The van der Waals surface area contributed by atoms with Crippen LogP contribution in [-0.4, -0.2) is 44.2 Å². The van der Waals surface area contributed by atoms with Gasteiger partial charge in [0.2, 0.25) is 0 Å². The summed E-state index contributed by atoms with van der Waals surface area (Å²) >= 11 is 8.65. The van der Waals surface area contributed by atoms with Crippen LogP contribution >= 0.6 is 34.7 Å². The number of nitrogens with zero attached hydrogens (tertiary/aromatic N) is 2. The second kappa shape index (κ2) is 17.8. The fourth-order valence-corrected chi connectivity index (χ4v) is 4.09. The number of hydrogen-bond acceptors (Lipinski definition) is 8. The standard InChI is InChI=1S/C17H19ClN2O3S2.C8H11N/c1-13(19-2)16(10-22)24-12-20(3)8-6-14(7-9-21)23-11-15-4-5-17(18)25-15;1-9-7-8-5-3-2-4-6-8/h4-10H,2,11-12H2,1,3H3;2-6,9H,7H2,1H3/b8-6-,14-7+,16-13-;. The Balaban J connectivity index is 0.000000533. The number of benzene rings is 1. The monoisotopic (exact) mass is 519 g/mol. The van der Waals surface area contributed by atoms with Gasteiger partial charge >= 0.3 is 0 Å². The van der Waals surface area contributed by atoms with E-state index in [9.17, 15) is 9.59 Å². The van der Waals surface area contributed by atoms with E-state index >= 15 is 0 Å². The maximum Gasteiger partial charge on any atom is 0.158 e. The molecule has 0 unspecified atom stereocenters.